The Bertz CT molecular complexity index is 838. The van der Waals surface area contributed by atoms with E-state index < -0.39 is 0 Å². The summed E-state index contributed by atoms with van der Waals surface area (Å²) in [7, 11) is 0. The molecule has 1 aliphatic heterocycles. The van der Waals surface area contributed by atoms with Gasteiger partial charge in [0.25, 0.3) is 0 Å². The number of likely N-dealkylation sites (N-methyl/N-ethyl adjacent to an activating group) is 1. The van der Waals surface area contributed by atoms with E-state index in [-0.39, 0.29) is 0 Å². The SMILES string of the molecule is CCN1CCN(Cc2ccc(-c3cnc4cccnc4c3)nc2)CC1. The van der Waals surface area contributed by atoms with Crippen molar-refractivity contribution in [2.75, 3.05) is 32.7 Å². The van der Waals surface area contributed by atoms with Crippen LogP contribution in [0.3, 0.4) is 0 Å². The van der Waals surface area contributed by atoms with Crippen LogP contribution in [0.4, 0.5) is 0 Å². The average molecular weight is 333 g/mol. The number of piperazine rings is 1. The topological polar surface area (TPSA) is 45.2 Å². The van der Waals surface area contributed by atoms with Crippen LogP contribution in [0.15, 0.2) is 48.9 Å². The van der Waals surface area contributed by atoms with Gasteiger partial charge in [-0.1, -0.05) is 13.0 Å². The maximum absolute atomic E-state index is 4.65. The number of hydrogen-bond donors (Lipinski definition) is 0. The van der Waals surface area contributed by atoms with E-state index >= 15 is 0 Å². The molecule has 0 unspecified atom stereocenters. The van der Waals surface area contributed by atoms with Crippen molar-refractivity contribution in [2.45, 2.75) is 13.5 Å². The zero-order valence-corrected chi connectivity index (χ0v) is 14.6. The Balaban J connectivity index is 1.46. The molecule has 3 aromatic rings. The molecule has 0 aromatic carbocycles. The van der Waals surface area contributed by atoms with Gasteiger partial charge in [0.2, 0.25) is 0 Å². The molecule has 0 N–H and O–H groups in total. The first kappa shape index (κ1) is 16.1. The highest BCUT2D eigenvalue weighted by atomic mass is 15.3. The maximum Gasteiger partial charge on any atom is 0.0893 e. The minimum absolute atomic E-state index is 0.902. The largest absolute Gasteiger partial charge is 0.301 e. The molecule has 0 saturated carbocycles. The molecule has 0 amide bonds. The van der Waals surface area contributed by atoms with Crippen molar-refractivity contribution in [1.29, 1.82) is 0 Å². The van der Waals surface area contributed by atoms with Gasteiger partial charge in [-0.2, -0.15) is 0 Å². The molecule has 4 rings (SSSR count). The minimum Gasteiger partial charge on any atom is -0.301 e. The van der Waals surface area contributed by atoms with Crippen LogP contribution in [0, 0.1) is 0 Å². The first-order valence-electron chi connectivity index (χ1n) is 8.92. The van der Waals surface area contributed by atoms with Crippen LogP contribution in [0.1, 0.15) is 12.5 Å². The summed E-state index contributed by atoms with van der Waals surface area (Å²) in [4.78, 5) is 18.5. The van der Waals surface area contributed by atoms with E-state index in [1.807, 2.05) is 30.6 Å². The molecule has 0 spiro atoms. The van der Waals surface area contributed by atoms with Gasteiger partial charge in [0.1, 0.15) is 0 Å². The third kappa shape index (κ3) is 3.67. The van der Waals surface area contributed by atoms with Gasteiger partial charge in [0.15, 0.2) is 0 Å². The number of fused-ring (bicyclic) bond motifs is 1. The molecule has 1 aliphatic rings. The lowest BCUT2D eigenvalue weighted by molar-refractivity contribution is 0.132. The molecule has 4 heterocycles. The van der Waals surface area contributed by atoms with Crippen LogP contribution in [-0.4, -0.2) is 57.5 Å². The number of aromatic nitrogens is 3. The number of nitrogens with zero attached hydrogens (tertiary/aromatic N) is 5. The molecule has 0 atom stereocenters. The Morgan fingerprint density at radius 1 is 0.880 bits per heavy atom. The summed E-state index contributed by atoms with van der Waals surface area (Å²) in [6, 6.07) is 10.2. The second kappa shape index (κ2) is 7.25. The van der Waals surface area contributed by atoms with Crippen LogP contribution >= 0.6 is 0 Å². The zero-order valence-electron chi connectivity index (χ0n) is 14.6. The molecule has 0 bridgehead atoms. The molecule has 25 heavy (non-hydrogen) atoms. The molecule has 0 aliphatic carbocycles. The molecule has 3 aromatic heterocycles. The summed E-state index contributed by atoms with van der Waals surface area (Å²) < 4.78 is 0. The number of pyridine rings is 3. The second-order valence-electron chi connectivity index (χ2n) is 6.53. The minimum atomic E-state index is 0.902. The summed E-state index contributed by atoms with van der Waals surface area (Å²) in [6.07, 6.45) is 5.66. The van der Waals surface area contributed by atoms with Gasteiger partial charge in [-0.05, 0) is 36.4 Å². The van der Waals surface area contributed by atoms with E-state index in [1.54, 1.807) is 6.20 Å². The molecular formula is C20H23N5. The fourth-order valence-electron chi connectivity index (χ4n) is 3.30. The normalized spacial score (nSPS) is 16.4. The average Bonchev–Trinajstić information content (AvgIpc) is 2.69. The van der Waals surface area contributed by atoms with E-state index in [2.05, 4.69) is 43.8 Å². The molecule has 5 heteroatoms. The maximum atomic E-state index is 4.65. The predicted molar refractivity (Wildman–Crippen MR) is 100 cm³/mol. The van der Waals surface area contributed by atoms with E-state index in [4.69, 9.17) is 0 Å². The predicted octanol–water partition coefficient (Wildman–Crippen LogP) is 2.83. The Morgan fingerprint density at radius 2 is 1.72 bits per heavy atom. The molecule has 1 saturated heterocycles. The lowest BCUT2D eigenvalue weighted by atomic mass is 10.1. The number of rotatable bonds is 4. The zero-order chi connectivity index (χ0) is 17.1. The highest BCUT2D eigenvalue weighted by Crippen LogP contribution is 2.20. The van der Waals surface area contributed by atoms with Crippen LogP contribution in [0.25, 0.3) is 22.3 Å². The highest BCUT2D eigenvalue weighted by Gasteiger charge is 2.15. The van der Waals surface area contributed by atoms with Crippen molar-refractivity contribution >= 4 is 11.0 Å². The monoisotopic (exact) mass is 333 g/mol. The van der Waals surface area contributed by atoms with Gasteiger partial charge >= 0.3 is 0 Å². The fraction of sp³-hybridized carbons (Fsp3) is 0.350. The van der Waals surface area contributed by atoms with E-state index in [0.717, 1.165) is 61.6 Å². The number of hydrogen-bond acceptors (Lipinski definition) is 5. The Hall–Kier alpha value is -2.37. The van der Waals surface area contributed by atoms with Crippen molar-refractivity contribution in [3.63, 3.8) is 0 Å². The van der Waals surface area contributed by atoms with E-state index in [9.17, 15) is 0 Å². The molecular weight excluding hydrogens is 310 g/mol. The van der Waals surface area contributed by atoms with Gasteiger partial charge < -0.3 is 4.90 Å². The molecule has 128 valence electrons. The van der Waals surface area contributed by atoms with Gasteiger partial charge in [-0.3, -0.25) is 19.9 Å². The highest BCUT2D eigenvalue weighted by molar-refractivity contribution is 5.78. The molecule has 5 nitrogen and oxygen atoms in total. The van der Waals surface area contributed by atoms with Gasteiger partial charge in [0, 0.05) is 56.9 Å². The molecule has 1 fully saturated rings. The summed E-state index contributed by atoms with van der Waals surface area (Å²) in [5.41, 5.74) is 5.03. The summed E-state index contributed by atoms with van der Waals surface area (Å²) in [6.45, 7) is 8.96. The van der Waals surface area contributed by atoms with Crippen molar-refractivity contribution in [3.05, 3.63) is 54.5 Å². The Kier molecular flexibility index (Phi) is 4.68. The molecule has 0 radical (unpaired) electrons. The van der Waals surface area contributed by atoms with Gasteiger partial charge in [-0.15, -0.1) is 0 Å². The standard InChI is InChI=1S/C20H23N5/c1-2-24-8-10-25(11-9-24)15-16-5-6-18(22-13-16)17-12-20-19(23-14-17)4-3-7-21-20/h3-7,12-14H,2,8-11,15H2,1H3. The Morgan fingerprint density at radius 3 is 2.48 bits per heavy atom. The first-order chi connectivity index (χ1) is 12.3. The summed E-state index contributed by atoms with van der Waals surface area (Å²) >= 11 is 0. The van der Waals surface area contributed by atoms with Crippen molar-refractivity contribution in [3.8, 4) is 11.3 Å². The van der Waals surface area contributed by atoms with Gasteiger partial charge in [-0.25, -0.2) is 0 Å². The van der Waals surface area contributed by atoms with E-state index in [1.165, 1.54) is 5.56 Å². The smallest absolute Gasteiger partial charge is 0.0893 e. The van der Waals surface area contributed by atoms with E-state index in [0.29, 0.717) is 0 Å². The van der Waals surface area contributed by atoms with Crippen LogP contribution in [-0.2, 0) is 6.54 Å². The van der Waals surface area contributed by atoms with Crippen LogP contribution < -0.4 is 0 Å². The van der Waals surface area contributed by atoms with Crippen molar-refractivity contribution in [2.24, 2.45) is 0 Å². The van der Waals surface area contributed by atoms with Crippen molar-refractivity contribution < 1.29 is 0 Å². The van der Waals surface area contributed by atoms with Crippen LogP contribution in [0.2, 0.25) is 0 Å². The lowest BCUT2D eigenvalue weighted by Crippen LogP contribution is -2.45. The quantitative estimate of drug-likeness (QED) is 0.735. The first-order valence-corrected chi connectivity index (χ1v) is 8.92. The lowest BCUT2D eigenvalue weighted by Gasteiger charge is -2.33. The summed E-state index contributed by atoms with van der Waals surface area (Å²) in [5, 5.41) is 0. The van der Waals surface area contributed by atoms with Crippen LogP contribution in [0.5, 0.6) is 0 Å². The Labute approximate surface area is 148 Å². The third-order valence-electron chi connectivity index (χ3n) is 4.89. The third-order valence-corrected chi connectivity index (χ3v) is 4.89. The fourth-order valence-corrected chi connectivity index (χ4v) is 3.30. The second-order valence-corrected chi connectivity index (χ2v) is 6.53. The summed E-state index contributed by atoms with van der Waals surface area (Å²) in [5.74, 6) is 0. The van der Waals surface area contributed by atoms with Gasteiger partial charge in [0.05, 0.1) is 16.7 Å². The van der Waals surface area contributed by atoms with Crippen molar-refractivity contribution in [1.82, 2.24) is 24.8 Å².